The number of nitrogens with one attached hydrogen (secondary N) is 2. The summed E-state index contributed by atoms with van der Waals surface area (Å²) in [4.78, 5) is 0. The van der Waals surface area contributed by atoms with E-state index in [4.69, 9.17) is 0 Å². The molecule has 1 heterocycles. The Bertz CT molecular complexity index is 376. The van der Waals surface area contributed by atoms with Crippen LogP contribution in [0.15, 0.2) is 30.3 Å². The largest absolute Gasteiger partial charge is 0.317 e. The van der Waals surface area contributed by atoms with Crippen LogP contribution in [0.3, 0.4) is 0 Å². The molecule has 3 heteroatoms. The molecule has 2 fully saturated rings. The maximum Gasteiger partial charge on any atom is 0.0143 e. The molecule has 1 aromatic rings. The molecule has 0 aromatic heterocycles. The summed E-state index contributed by atoms with van der Waals surface area (Å²) in [5.41, 5.74) is 1.51. The fourth-order valence-electron chi connectivity index (χ4n) is 2.92. The van der Waals surface area contributed by atoms with Gasteiger partial charge in [0.2, 0.25) is 0 Å². The molecule has 2 aliphatic rings. The summed E-state index contributed by atoms with van der Waals surface area (Å²) in [5.74, 6) is 2.04. The van der Waals surface area contributed by atoms with E-state index in [1.54, 1.807) is 0 Å². The first-order chi connectivity index (χ1) is 9.43. The second kappa shape index (κ2) is 6.78. The van der Waals surface area contributed by atoms with Gasteiger partial charge in [-0.1, -0.05) is 30.3 Å². The molecule has 2 unspecified atom stereocenters. The molecular formula is C16H24N2S. The van der Waals surface area contributed by atoms with E-state index in [1.807, 2.05) is 0 Å². The second-order valence-corrected chi connectivity index (χ2v) is 7.04. The molecule has 2 atom stereocenters. The lowest BCUT2D eigenvalue weighted by atomic mass is 10.1. The summed E-state index contributed by atoms with van der Waals surface area (Å²) >= 11 is 2.16. The molecule has 0 bridgehead atoms. The predicted octanol–water partition coefficient (Wildman–Crippen LogP) is 2.62. The maximum absolute atomic E-state index is 3.71. The minimum absolute atomic E-state index is 0.732. The van der Waals surface area contributed by atoms with Crippen LogP contribution in [0.4, 0.5) is 0 Å². The van der Waals surface area contributed by atoms with Gasteiger partial charge in [-0.05, 0) is 37.9 Å². The number of thioether (sulfide) groups is 1. The first kappa shape index (κ1) is 13.5. The molecule has 0 amide bonds. The Kier molecular flexibility index (Phi) is 4.81. The van der Waals surface area contributed by atoms with E-state index in [-0.39, 0.29) is 0 Å². The highest BCUT2D eigenvalue weighted by Gasteiger charge is 2.37. The Morgan fingerprint density at radius 3 is 2.74 bits per heavy atom. The normalized spacial score (nSPS) is 27.4. The minimum atomic E-state index is 0.732. The Hall–Kier alpha value is -0.510. The van der Waals surface area contributed by atoms with Gasteiger partial charge in [0.05, 0.1) is 0 Å². The molecular weight excluding hydrogens is 252 g/mol. The fraction of sp³-hybridized carbons (Fsp3) is 0.625. The van der Waals surface area contributed by atoms with Crippen LogP contribution in [0.25, 0.3) is 0 Å². The summed E-state index contributed by atoms with van der Waals surface area (Å²) < 4.78 is 0. The van der Waals surface area contributed by atoms with Crippen LogP contribution < -0.4 is 10.6 Å². The predicted molar refractivity (Wildman–Crippen MR) is 83.9 cm³/mol. The van der Waals surface area contributed by atoms with Gasteiger partial charge >= 0.3 is 0 Å². The van der Waals surface area contributed by atoms with Crippen molar-refractivity contribution in [1.29, 1.82) is 0 Å². The molecule has 1 aliphatic heterocycles. The van der Waals surface area contributed by atoms with Gasteiger partial charge in [0, 0.05) is 29.5 Å². The van der Waals surface area contributed by atoms with Gasteiger partial charge in [-0.3, -0.25) is 0 Å². The number of hydrogen-bond donors (Lipinski definition) is 2. The quantitative estimate of drug-likeness (QED) is 0.781. The first-order valence-electron chi connectivity index (χ1n) is 7.54. The highest BCUT2D eigenvalue weighted by atomic mass is 32.2. The van der Waals surface area contributed by atoms with Crippen LogP contribution >= 0.6 is 11.8 Å². The van der Waals surface area contributed by atoms with Crippen molar-refractivity contribution < 1.29 is 0 Å². The van der Waals surface area contributed by atoms with Crippen molar-refractivity contribution in [1.82, 2.24) is 10.6 Å². The van der Waals surface area contributed by atoms with Crippen LogP contribution in [-0.2, 0) is 0 Å². The average molecular weight is 276 g/mol. The van der Waals surface area contributed by atoms with E-state index >= 15 is 0 Å². The van der Waals surface area contributed by atoms with Gasteiger partial charge in [-0.2, -0.15) is 11.8 Å². The lowest BCUT2D eigenvalue weighted by molar-refractivity contribution is 0.531. The topological polar surface area (TPSA) is 24.1 Å². The summed E-state index contributed by atoms with van der Waals surface area (Å²) in [6.45, 7) is 3.59. The lowest BCUT2D eigenvalue weighted by Crippen LogP contribution is -2.30. The summed E-state index contributed by atoms with van der Waals surface area (Å²) in [6, 6.07) is 11.7. The summed E-state index contributed by atoms with van der Waals surface area (Å²) in [6.07, 6.45) is 4.02. The van der Waals surface area contributed by atoms with Gasteiger partial charge in [-0.15, -0.1) is 0 Å². The van der Waals surface area contributed by atoms with Gasteiger partial charge in [0.15, 0.2) is 0 Å². The van der Waals surface area contributed by atoms with E-state index in [9.17, 15) is 0 Å². The van der Waals surface area contributed by atoms with Gasteiger partial charge in [0.1, 0.15) is 0 Å². The van der Waals surface area contributed by atoms with Crippen molar-refractivity contribution >= 4 is 11.8 Å². The molecule has 3 rings (SSSR count). The maximum atomic E-state index is 3.71. The first-order valence-corrected chi connectivity index (χ1v) is 8.59. The van der Waals surface area contributed by atoms with E-state index in [1.165, 1.54) is 50.2 Å². The van der Waals surface area contributed by atoms with Crippen LogP contribution in [0.2, 0.25) is 0 Å². The molecule has 1 saturated carbocycles. The Morgan fingerprint density at radius 2 is 1.95 bits per heavy atom. The zero-order valence-electron chi connectivity index (χ0n) is 11.5. The molecule has 1 aromatic carbocycles. The smallest absolute Gasteiger partial charge is 0.0143 e. The van der Waals surface area contributed by atoms with Crippen LogP contribution in [0, 0.1) is 0 Å². The number of hydrogen-bond acceptors (Lipinski definition) is 3. The van der Waals surface area contributed by atoms with Crippen molar-refractivity contribution in [2.24, 2.45) is 0 Å². The minimum Gasteiger partial charge on any atom is -0.317 e. The van der Waals surface area contributed by atoms with Gasteiger partial charge in [-0.25, -0.2) is 0 Å². The lowest BCUT2D eigenvalue weighted by Gasteiger charge is -2.22. The Labute approximate surface area is 120 Å². The highest BCUT2D eigenvalue weighted by molar-refractivity contribution is 7.99. The molecule has 1 saturated heterocycles. The molecule has 104 valence electrons. The van der Waals surface area contributed by atoms with Crippen molar-refractivity contribution in [2.75, 3.05) is 25.4 Å². The van der Waals surface area contributed by atoms with Crippen molar-refractivity contribution in [3.63, 3.8) is 0 Å². The highest BCUT2D eigenvalue weighted by Crippen LogP contribution is 2.40. The average Bonchev–Trinajstić information content (AvgIpc) is 3.25. The van der Waals surface area contributed by atoms with E-state index < -0.39 is 0 Å². The van der Waals surface area contributed by atoms with E-state index in [2.05, 4.69) is 52.7 Å². The number of benzene rings is 1. The van der Waals surface area contributed by atoms with Gasteiger partial charge in [0.25, 0.3) is 0 Å². The number of piperidine rings is 1. The van der Waals surface area contributed by atoms with Crippen molar-refractivity contribution in [3.05, 3.63) is 35.9 Å². The Morgan fingerprint density at radius 1 is 1.16 bits per heavy atom. The third-order valence-corrected chi connectivity index (χ3v) is 5.55. The summed E-state index contributed by atoms with van der Waals surface area (Å²) in [5, 5.41) is 8.03. The molecule has 0 spiro atoms. The fourth-order valence-corrected chi connectivity index (χ4v) is 4.06. The molecule has 2 N–H and O–H groups in total. The van der Waals surface area contributed by atoms with Crippen molar-refractivity contribution in [2.45, 2.75) is 36.5 Å². The SMILES string of the molecule is c1ccc(C2CC2NCCSC2CCNCC2)cc1. The summed E-state index contributed by atoms with van der Waals surface area (Å²) in [7, 11) is 0. The molecule has 1 aliphatic carbocycles. The Balaban J connectivity index is 1.30. The molecule has 2 nitrogen and oxygen atoms in total. The van der Waals surface area contributed by atoms with Crippen molar-refractivity contribution in [3.8, 4) is 0 Å². The second-order valence-electron chi connectivity index (χ2n) is 5.63. The monoisotopic (exact) mass is 276 g/mol. The molecule has 19 heavy (non-hydrogen) atoms. The van der Waals surface area contributed by atoms with E-state index in [0.29, 0.717) is 0 Å². The van der Waals surface area contributed by atoms with Gasteiger partial charge < -0.3 is 10.6 Å². The standard InChI is InChI=1S/C16H24N2S/c1-2-4-13(5-3-1)15-12-16(15)18-10-11-19-14-6-8-17-9-7-14/h1-5,14-18H,6-12H2. The van der Waals surface area contributed by atoms with Crippen LogP contribution in [0.5, 0.6) is 0 Å². The van der Waals surface area contributed by atoms with Crippen LogP contribution in [-0.4, -0.2) is 36.7 Å². The zero-order valence-corrected chi connectivity index (χ0v) is 12.3. The third-order valence-electron chi connectivity index (χ3n) is 4.17. The number of rotatable bonds is 6. The van der Waals surface area contributed by atoms with E-state index in [0.717, 1.165) is 17.2 Å². The van der Waals surface area contributed by atoms with Crippen LogP contribution in [0.1, 0.15) is 30.7 Å². The molecule has 0 radical (unpaired) electrons. The zero-order chi connectivity index (χ0) is 12.9. The third kappa shape index (κ3) is 3.98.